The molecule has 0 unspecified atom stereocenters. The number of rotatable bonds is 5. The molecule has 1 aliphatic rings. The van der Waals surface area contributed by atoms with E-state index in [-0.39, 0.29) is 18.3 Å². The maximum atomic E-state index is 12.2. The minimum absolute atomic E-state index is 0.0139. The molecule has 0 aliphatic carbocycles. The van der Waals surface area contributed by atoms with Crippen LogP contribution in [0.3, 0.4) is 0 Å². The summed E-state index contributed by atoms with van der Waals surface area (Å²) in [6.45, 7) is -1.39. The number of hydrogen-bond donors (Lipinski definition) is 1. The fourth-order valence-corrected chi connectivity index (χ4v) is 2.78. The third-order valence-electron chi connectivity index (χ3n) is 4.10. The number of likely N-dealkylation sites (tertiary alicyclic amines) is 1. The molecule has 0 bridgehead atoms. The molecule has 25 heavy (non-hydrogen) atoms. The Morgan fingerprint density at radius 3 is 2.76 bits per heavy atom. The van der Waals surface area contributed by atoms with Gasteiger partial charge in [-0.25, -0.2) is 4.79 Å². The number of carbonyl (C=O) groups is 1. The topological polar surface area (TPSA) is 80.5 Å². The van der Waals surface area contributed by atoms with Crippen LogP contribution in [0.2, 0.25) is 0 Å². The Labute approximate surface area is 143 Å². The van der Waals surface area contributed by atoms with E-state index in [1.807, 2.05) is 6.07 Å². The number of ether oxygens (including phenoxy) is 1. The van der Waals surface area contributed by atoms with Crippen LogP contribution < -0.4 is 10.1 Å². The average molecular weight is 352 g/mol. The Hall–Kier alpha value is -2.71. The second kappa shape index (κ2) is 7.91. The van der Waals surface area contributed by atoms with Crippen molar-refractivity contribution in [3.63, 3.8) is 0 Å². The molecule has 134 valence electrons. The van der Waals surface area contributed by atoms with E-state index >= 15 is 0 Å². The highest BCUT2D eigenvalue weighted by Crippen LogP contribution is 2.26. The first-order valence-corrected chi connectivity index (χ1v) is 7.94. The summed E-state index contributed by atoms with van der Waals surface area (Å²) in [5, 5.41) is 6.73. The highest BCUT2D eigenvalue weighted by atomic mass is 19.3. The van der Waals surface area contributed by atoms with Gasteiger partial charge in [-0.1, -0.05) is 5.16 Å². The van der Waals surface area contributed by atoms with E-state index in [0.717, 1.165) is 18.5 Å². The van der Waals surface area contributed by atoms with Crippen molar-refractivity contribution in [2.75, 3.05) is 13.1 Å². The maximum Gasteiger partial charge on any atom is 0.387 e. The second-order valence-corrected chi connectivity index (χ2v) is 5.71. The van der Waals surface area contributed by atoms with E-state index in [9.17, 15) is 13.6 Å². The molecule has 2 aromatic rings. The summed E-state index contributed by atoms with van der Waals surface area (Å²) in [7, 11) is 0. The van der Waals surface area contributed by atoms with Gasteiger partial charge in [0.25, 0.3) is 0 Å². The first kappa shape index (κ1) is 17.1. The van der Waals surface area contributed by atoms with Gasteiger partial charge in [-0.05, 0) is 25.0 Å². The number of urea groups is 1. The molecular weight excluding hydrogens is 334 g/mol. The van der Waals surface area contributed by atoms with Crippen molar-refractivity contribution in [3.05, 3.63) is 42.0 Å². The van der Waals surface area contributed by atoms with Gasteiger partial charge in [-0.3, -0.25) is 4.98 Å². The van der Waals surface area contributed by atoms with Gasteiger partial charge in [0.1, 0.15) is 12.0 Å². The Balaban J connectivity index is 1.44. The van der Waals surface area contributed by atoms with Gasteiger partial charge in [0.05, 0.1) is 24.1 Å². The van der Waals surface area contributed by atoms with Crippen LogP contribution in [0.5, 0.6) is 5.75 Å². The molecule has 1 saturated heterocycles. The number of hydrogen-bond acceptors (Lipinski definition) is 5. The van der Waals surface area contributed by atoms with Crippen LogP contribution in [0.1, 0.15) is 30.1 Å². The van der Waals surface area contributed by atoms with Gasteiger partial charge in [0.15, 0.2) is 0 Å². The van der Waals surface area contributed by atoms with E-state index < -0.39 is 6.61 Å². The quantitative estimate of drug-likeness (QED) is 0.895. The lowest BCUT2D eigenvalue weighted by Crippen LogP contribution is -2.43. The lowest BCUT2D eigenvalue weighted by Gasteiger charge is -2.31. The van der Waals surface area contributed by atoms with E-state index in [2.05, 4.69) is 20.2 Å². The number of piperidine rings is 1. The largest absolute Gasteiger partial charge is 0.433 e. The molecule has 0 atom stereocenters. The fourth-order valence-electron chi connectivity index (χ4n) is 2.78. The maximum absolute atomic E-state index is 12.2. The Bertz CT molecular complexity index is 671. The molecule has 2 aromatic heterocycles. The number of amides is 2. The predicted molar refractivity (Wildman–Crippen MR) is 83.2 cm³/mol. The summed E-state index contributed by atoms with van der Waals surface area (Å²) in [5.41, 5.74) is 1.49. The van der Waals surface area contributed by atoms with Crippen LogP contribution in [0.4, 0.5) is 13.6 Å². The van der Waals surface area contributed by atoms with Gasteiger partial charge in [0, 0.05) is 25.1 Å². The third-order valence-corrected chi connectivity index (χ3v) is 4.10. The summed E-state index contributed by atoms with van der Waals surface area (Å²) in [6, 6.07) is 4.61. The second-order valence-electron chi connectivity index (χ2n) is 5.71. The predicted octanol–water partition coefficient (Wildman–Crippen LogP) is 2.76. The molecular formula is C16H18F2N4O3. The van der Waals surface area contributed by atoms with Crippen molar-refractivity contribution in [2.45, 2.75) is 31.9 Å². The van der Waals surface area contributed by atoms with Crippen LogP contribution >= 0.6 is 0 Å². The molecule has 1 aliphatic heterocycles. The first-order chi connectivity index (χ1) is 12.1. The van der Waals surface area contributed by atoms with Crippen LogP contribution in [0, 0.1) is 0 Å². The summed E-state index contributed by atoms with van der Waals surface area (Å²) in [4.78, 5) is 17.9. The number of nitrogens with zero attached hydrogens (tertiary/aromatic N) is 3. The zero-order valence-corrected chi connectivity index (χ0v) is 13.4. The van der Waals surface area contributed by atoms with E-state index in [1.54, 1.807) is 11.2 Å². The number of aromatic nitrogens is 2. The zero-order valence-electron chi connectivity index (χ0n) is 13.4. The molecule has 3 rings (SSSR count). The highest BCUT2D eigenvalue weighted by Gasteiger charge is 2.25. The van der Waals surface area contributed by atoms with E-state index in [4.69, 9.17) is 4.52 Å². The minimum Gasteiger partial charge on any atom is -0.433 e. The summed E-state index contributed by atoms with van der Waals surface area (Å²) in [5.74, 6) is 0.298. The SMILES string of the molecule is O=C(NCc1ccc(OC(F)F)cn1)N1CCC(c2ccon2)CC1. The molecule has 1 fully saturated rings. The normalized spacial score (nSPS) is 15.4. The first-order valence-electron chi connectivity index (χ1n) is 7.94. The Kier molecular flexibility index (Phi) is 5.42. The van der Waals surface area contributed by atoms with Gasteiger partial charge in [-0.2, -0.15) is 8.78 Å². The average Bonchev–Trinajstić information content (AvgIpc) is 3.15. The summed E-state index contributed by atoms with van der Waals surface area (Å²) < 4.78 is 33.2. The Morgan fingerprint density at radius 1 is 1.36 bits per heavy atom. The van der Waals surface area contributed by atoms with Crippen molar-refractivity contribution in [3.8, 4) is 5.75 Å². The van der Waals surface area contributed by atoms with Crippen LogP contribution in [0.15, 0.2) is 35.2 Å². The van der Waals surface area contributed by atoms with Crippen LogP contribution in [0.25, 0.3) is 0 Å². The van der Waals surface area contributed by atoms with Gasteiger partial charge in [-0.15, -0.1) is 0 Å². The third kappa shape index (κ3) is 4.65. The number of halogens is 2. The standard InChI is InChI=1S/C16H18F2N4O3/c17-15(18)25-13-2-1-12(19-10-13)9-20-16(23)22-6-3-11(4-7-22)14-5-8-24-21-14/h1-2,5,8,10-11,15H,3-4,6-7,9H2,(H,20,23). The van der Waals surface area contributed by atoms with Crippen molar-refractivity contribution in [1.82, 2.24) is 20.4 Å². The number of carbonyl (C=O) groups excluding carboxylic acids is 1. The fraction of sp³-hybridized carbons (Fsp3) is 0.438. The molecule has 0 aromatic carbocycles. The lowest BCUT2D eigenvalue weighted by molar-refractivity contribution is -0.0500. The molecule has 0 saturated carbocycles. The number of nitrogens with one attached hydrogen (secondary N) is 1. The molecule has 0 radical (unpaired) electrons. The molecule has 0 spiro atoms. The summed E-state index contributed by atoms with van der Waals surface area (Å²) >= 11 is 0. The molecule has 3 heterocycles. The molecule has 9 heteroatoms. The zero-order chi connectivity index (χ0) is 17.6. The van der Waals surface area contributed by atoms with E-state index in [0.29, 0.717) is 24.7 Å². The van der Waals surface area contributed by atoms with E-state index in [1.165, 1.54) is 18.3 Å². The lowest BCUT2D eigenvalue weighted by atomic mass is 9.94. The van der Waals surface area contributed by atoms with Gasteiger partial charge >= 0.3 is 12.6 Å². The number of pyridine rings is 1. The molecule has 2 amide bonds. The van der Waals surface area contributed by atoms with Crippen molar-refractivity contribution in [2.24, 2.45) is 0 Å². The van der Waals surface area contributed by atoms with Gasteiger partial charge in [0.2, 0.25) is 0 Å². The molecule has 7 nitrogen and oxygen atoms in total. The number of alkyl halides is 2. The minimum atomic E-state index is -2.88. The smallest absolute Gasteiger partial charge is 0.387 e. The monoisotopic (exact) mass is 352 g/mol. The summed E-state index contributed by atoms with van der Waals surface area (Å²) in [6.07, 6.45) is 4.42. The Morgan fingerprint density at radius 2 is 2.16 bits per heavy atom. The van der Waals surface area contributed by atoms with Crippen molar-refractivity contribution >= 4 is 6.03 Å². The molecule has 1 N–H and O–H groups in total. The van der Waals surface area contributed by atoms with Crippen molar-refractivity contribution in [1.29, 1.82) is 0 Å². The van der Waals surface area contributed by atoms with Gasteiger partial charge < -0.3 is 19.5 Å². The van der Waals surface area contributed by atoms with Crippen molar-refractivity contribution < 1.29 is 22.8 Å². The van der Waals surface area contributed by atoms with Crippen LogP contribution in [-0.2, 0) is 6.54 Å². The van der Waals surface area contributed by atoms with Crippen LogP contribution in [-0.4, -0.2) is 40.8 Å². The highest BCUT2D eigenvalue weighted by molar-refractivity contribution is 5.74.